The largest absolute Gasteiger partial charge is 0.378 e. The van der Waals surface area contributed by atoms with Crippen molar-refractivity contribution in [2.45, 2.75) is 64.5 Å². The molecule has 4 heteroatoms. The predicted octanol–water partition coefficient (Wildman–Crippen LogP) is 2.18. The second kappa shape index (κ2) is 7.99. The molecule has 1 heterocycles. The summed E-state index contributed by atoms with van der Waals surface area (Å²) in [6.45, 7) is 7.70. The number of carbonyl (C=O) groups excluding carboxylic acids is 1. The molecular weight excluding hydrogens is 252 g/mol. The first-order valence-electron chi connectivity index (χ1n) is 8.27. The minimum atomic E-state index is 0.208. The molecule has 0 aromatic heterocycles. The Bertz CT molecular complexity index is 295. The van der Waals surface area contributed by atoms with Crippen molar-refractivity contribution in [1.82, 2.24) is 10.2 Å². The van der Waals surface area contributed by atoms with Gasteiger partial charge in [0, 0.05) is 31.6 Å². The molecule has 0 radical (unpaired) electrons. The summed E-state index contributed by atoms with van der Waals surface area (Å²) in [5.74, 6) is 0.975. The third kappa shape index (κ3) is 4.74. The molecule has 1 N–H and O–H groups in total. The zero-order valence-corrected chi connectivity index (χ0v) is 13.1. The topological polar surface area (TPSA) is 41.6 Å². The summed E-state index contributed by atoms with van der Waals surface area (Å²) >= 11 is 0. The van der Waals surface area contributed by atoms with Crippen LogP contribution in [0.5, 0.6) is 0 Å². The first kappa shape index (κ1) is 15.8. The zero-order valence-electron chi connectivity index (χ0n) is 13.1. The molecule has 2 rings (SSSR count). The van der Waals surface area contributed by atoms with Gasteiger partial charge in [0.25, 0.3) is 0 Å². The number of amides is 1. The molecule has 1 aliphatic carbocycles. The summed E-state index contributed by atoms with van der Waals surface area (Å²) in [5, 5.41) is 3.39. The van der Waals surface area contributed by atoms with E-state index < -0.39 is 0 Å². The van der Waals surface area contributed by atoms with Gasteiger partial charge in [-0.2, -0.15) is 0 Å². The average Bonchev–Trinajstić information content (AvgIpc) is 2.93. The highest BCUT2D eigenvalue weighted by Crippen LogP contribution is 2.25. The standard InChI is InChI=1S/C16H30N2O2/c1-13(2)7-9-18(15-5-3-4-6-15)16(19)11-14-12-20-10-8-17-14/h13-15,17H,3-12H2,1-2H3. The lowest BCUT2D eigenvalue weighted by Crippen LogP contribution is -2.47. The molecule has 20 heavy (non-hydrogen) atoms. The van der Waals surface area contributed by atoms with Crippen LogP contribution in [0.1, 0.15) is 52.4 Å². The van der Waals surface area contributed by atoms with Gasteiger partial charge in [-0.3, -0.25) is 4.79 Å². The normalized spacial score (nSPS) is 24.2. The summed E-state index contributed by atoms with van der Waals surface area (Å²) < 4.78 is 5.45. The summed E-state index contributed by atoms with van der Waals surface area (Å²) in [7, 11) is 0. The number of ether oxygens (including phenoxy) is 1. The lowest BCUT2D eigenvalue weighted by Gasteiger charge is -2.32. The van der Waals surface area contributed by atoms with Gasteiger partial charge in [-0.1, -0.05) is 26.7 Å². The van der Waals surface area contributed by atoms with E-state index in [9.17, 15) is 4.79 Å². The van der Waals surface area contributed by atoms with E-state index in [1.807, 2.05) is 0 Å². The van der Waals surface area contributed by atoms with E-state index in [4.69, 9.17) is 4.74 Å². The maximum absolute atomic E-state index is 12.6. The SMILES string of the molecule is CC(C)CCN(C(=O)CC1COCCN1)C1CCCC1. The molecule has 2 fully saturated rings. The van der Waals surface area contributed by atoms with E-state index in [-0.39, 0.29) is 6.04 Å². The molecule has 1 saturated carbocycles. The minimum absolute atomic E-state index is 0.208. The van der Waals surface area contributed by atoms with E-state index in [0.29, 0.717) is 30.9 Å². The van der Waals surface area contributed by atoms with E-state index in [1.165, 1.54) is 25.7 Å². The van der Waals surface area contributed by atoms with Crippen LogP contribution >= 0.6 is 0 Å². The summed E-state index contributed by atoms with van der Waals surface area (Å²) in [5.41, 5.74) is 0. The highest BCUT2D eigenvalue weighted by Gasteiger charge is 2.28. The Balaban J connectivity index is 1.87. The van der Waals surface area contributed by atoms with Crippen LogP contribution in [0.15, 0.2) is 0 Å². The lowest BCUT2D eigenvalue weighted by atomic mass is 10.1. The number of carbonyl (C=O) groups is 1. The Morgan fingerprint density at radius 2 is 2.10 bits per heavy atom. The van der Waals surface area contributed by atoms with Gasteiger partial charge in [0.2, 0.25) is 5.91 Å². The van der Waals surface area contributed by atoms with E-state index in [0.717, 1.165) is 26.1 Å². The van der Waals surface area contributed by atoms with Crippen molar-refractivity contribution in [3.05, 3.63) is 0 Å². The Morgan fingerprint density at radius 3 is 2.70 bits per heavy atom. The number of nitrogens with one attached hydrogen (secondary N) is 1. The number of hydrogen-bond acceptors (Lipinski definition) is 3. The lowest BCUT2D eigenvalue weighted by molar-refractivity contribution is -0.134. The average molecular weight is 282 g/mol. The first-order valence-corrected chi connectivity index (χ1v) is 8.27. The zero-order chi connectivity index (χ0) is 14.4. The molecule has 1 unspecified atom stereocenters. The fourth-order valence-corrected chi connectivity index (χ4v) is 3.20. The van der Waals surface area contributed by atoms with Crippen molar-refractivity contribution in [1.29, 1.82) is 0 Å². The van der Waals surface area contributed by atoms with Crippen LogP contribution in [-0.2, 0) is 9.53 Å². The number of rotatable bonds is 6. The van der Waals surface area contributed by atoms with Gasteiger partial charge in [-0.25, -0.2) is 0 Å². The second-order valence-corrected chi connectivity index (χ2v) is 6.64. The molecular formula is C16H30N2O2. The summed E-state index contributed by atoms with van der Waals surface area (Å²) in [6.07, 6.45) is 6.64. The maximum atomic E-state index is 12.6. The van der Waals surface area contributed by atoms with E-state index >= 15 is 0 Å². The molecule has 0 aromatic carbocycles. The number of morpholine rings is 1. The fraction of sp³-hybridized carbons (Fsp3) is 0.938. The van der Waals surface area contributed by atoms with Crippen molar-refractivity contribution in [3.8, 4) is 0 Å². The van der Waals surface area contributed by atoms with Gasteiger partial charge in [0.15, 0.2) is 0 Å². The third-order valence-electron chi connectivity index (χ3n) is 4.45. The number of nitrogens with zero attached hydrogens (tertiary/aromatic N) is 1. The van der Waals surface area contributed by atoms with Gasteiger partial charge in [-0.15, -0.1) is 0 Å². The van der Waals surface area contributed by atoms with Crippen LogP contribution in [0.2, 0.25) is 0 Å². The molecule has 4 nitrogen and oxygen atoms in total. The molecule has 0 aromatic rings. The predicted molar refractivity (Wildman–Crippen MR) is 80.7 cm³/mol. The monoisotopic (exact) mass is 282 g/mol. The quantitative estimate of drug-likeness (QED) is 0.812. The van der Waals surface area contributed by atoms with Crippen LogP contribution in [0.3, 0.4) is 0 Å². The molecule has 2 aliphatic rings. The molecule has 0 bridgehead atoms. The smallest absolute Gasteiger partial charge is 0.224 e. The van der Waals surface area contributed by atoms with Crippen molar-refractivity contribution in [3.63, 3.8) is 0 Å². The van der Waals surface area contributed by atoms with Gasteiger partial charge in [0.05, 0.1) is 13.2 Å². The van der Waals surface area contributed by atoms with Gasteiger partial charge in [0.1, 0.15) is 0 Å². The van der Waals surface area contributed by atoms with Gasteiger partial charge < -0.3 is 15.0 Å². The Labute approximate surface area is 123 Å². The van der Waals surface area contributed by atoms with E-state index in [1.54, 1.807) is 0 Å². The van der Waals surface area contributed by atoms with E-state index in [2.05, 4.69) is 24.1 Å². The van der Waals surface area contributed by atoms with Crippen LogP contribution in [-0.4, -0.2) is 49.2 Å². The fourth-order valence-electron chi connectivity index (χ4n) is 3.20. The van der Waals surface area contributed by atoms with Crippen molar-refractivity contribution in [2.75, 3.05) is 26.3 Å². The number of hydrogen-bond donors (Lipinski definition) is 1. The Hall–Kier alpha value is -0.610. The van der Waals surface area contributed by atoms with Crippen molar-refractivity contribution >= 4 is 5.91 Å². The van der Waals surface area contributed by atoms with Crippen LogP contribution < -0.4 is 5.32 Å². The minimum Gasteiger partial charge on any atom is -0.378 e. The molecule has 0 spiro atoms. The third-order valence-corrected chi connectivity index (χ3v) is 4.45. The second-order valence-electron chi connectivity index (χ2n) is 6.64. The highest BCUT2D eigenvalue weighted by molar-refractivity contribution is 5.77. The van der Waals surface area contributed by atoms with Gasteiger partial charge >= 0.3 is 0 Å². The maximum Gasteiger partial charge on any atom is 0.224 e. The molecule has 1 aliphatic heterocycles. The van der Waals surface area contributed by atoms with Gasteiger partial charge in [-0.05, 0) is 25.2 Å². The van der Waals surface area contributed by atoms with Crippen LogP contribution in [0.4, 0.5) is 0 Å². The Kier molecular flexibility index (Phi) is 6.30. The van der Waals surface area contributed by atoms with Crippen LogP contribution in [0, 0.1) is 5.92 Å². The van der Waals surface area contributed by atoms with Crippen molar-refractivity contribution in [2.24, 2.45) is 5.92 Å². The summed E-state index contributed by atoms with van der Waals surface area (Å²) in [4.78, 5) is 14.8. The molecule has 1 saturated heterocycles. The molecule has 1 amide bonds. The molecule has 1 atom stereocenters. The first-order chi connectivity index (χ1) is 9.66. The Morgan fingerprint density at radius 1 is 1.35 bits per heavy atom. The van der Waals surface area contributed by atoms with Crippen molar-refractivity contribution < 1.29 is 9.53 Å². The summed E-state index contributed by atoms with van der Waals surface area (Å²) in [6, 6.07) is 0.699. The molecule has 116 valence electrons. The van der Waals surface area contributed by atoms with Crippen LogP contribution in [0.25, 0.3) is 0 Å². The highest BCUT2D eigenvalue weighted by atomic mass is 16.5.